The van der Waals surface area contributed by atoms with Gasteiger partial charge < -0.3 is 5.32 Å². The summed E-state index contributed by atoms with van der Waals surface area (Å²) in [5.74, 6) is -0.111. The standard InChI is InChI=1S/C23H26N2O/c1-4-5-14-23(2,3)19-12-10-17(11-13-19)22(26)25-20-15-18-8-6-7-9-21(18)24-16-20/h6-13,15-16H,4-5,14H2,1-3H3,(H,25,26). The van der Waals surface area contributed by atoms with Crippen molar-refractivity contribution >= 4 is 22.5 Å². The summed E-state index contributed by atoms with van der Waals surface area (Å²) in [6.07, 6.45) is 5.26. The second kappa shape index (κ2) is 7.69. The highest BCUT2D eigenvalue weighted by atomic mass is 16.1. The van der Waals surface area contributed by atoms with Crippen molar-refractivity contribution < 1.29 is 4.79 Å². The molecule has 1 heterocycles. The van der Waals surface area contributed by atoms with Crippen LogP contribution in [0.1, 0.15) is 56.0 Å². The van der Waals surface area contributed by atoms with Gasteiger partial charge in [0.15, 0.2) is 0 Å². The molecular weight excluding hydrogens is 320 g/mol. The molecule has 1 amide bonds. The van der Waals surface area contributed by atoms with Crippen LogP contribution in [0.4, 0.5) is 5.69 Å². The topological polar surface area (TPSA) is 42.0 Å². The Balaban J connectivity index is 1.73. The molecule has 0 atom stereocenters. The highest BCUT2D eigenvalue weighted by Gasteiger charge is 2.20. The van der Waals surface area contributed by atoms with Crippen LogP contribution in [0.15, 0.2) is 60.8 Å². The van der Waals surface area contributed by atoms with E-state index in [2.05, 4.69) is 43.2 Å². The fraction of sp³-hybridized carbons (Fsp3) is 0.304. The number of unbranched alkanes of at least 4 members (excludes halogenated alkanes) is 1. The fourth-order valence-corrected chi connectivity index (χ4v) is 3.18. The van der Waals surface area contributed by atoms with Crippen LogP contribution in [-0.4, -0.2) is 10.9 Å². The zero-order valence-corrected chi connectivity index (χ0v) is 15.8. The molecule has 0 bridgehead atoms. The van der Waals surface area contributed by atoms with Crippen molar-refractivity contribution in [2.45, 2.75) is 45.4 Å². The first-order chi connectivity index (χ1) is 12.5. The quantitative estimate of drug-likeness (QED) is 0.599. The van der Waals surface area contributed by atoms with Crippen molar-refractivity contribution in [3.8, 4) is 0 Å². The van der Waals surface area contributed by atoms with Crippen LogP contribution < -0.4 is 5.32 Å². The summed E-state index contributed by atoms with van der Waals surface area (Å²) in [6, 6.07) is 17.8. The molecular formula is C23H26N2O. The Kier molecular flexibility index (Phi) is 5.36. The number of rotatable bonds is 6. The third-order valence-electron chi connectivity index (χ3n) is 4.93. The highest BCUT2D eigenvalue weighted by molar-refractivity contribution is 6.04. The van der Waals surface area contributed by atoms with Crippen LogP contribution in [0.2, 0.25) is 0 Å². The van der Waals surface area contributed by atoms with E-state index < -0.39 is 0 Å². The van der Waals surface area contributed by atoms with Crippen molar-refractivity contribution in [2.75, 3.05) is 5.32 Å². The van der Waals surface area contributed by atoms with E-state index in [0.29, 0.717) is 11.3 Å². The van der Waals surface area contributed by atoms with Gasteiger partial charge in [-0.3, -0.25) is 9.78 Å². The Bertz CT molecular complexity index is 897. The Morgan fingerprint density at radius 2 is 1.81 bits per heavy atom. The summed E-state index contributed by atoms with van der Waals surface area (Å²) in [7, 11) is 0. The minimum atomic E-state index is -0.111. The number of fused-ring (bicyclic) bond motifs is 1. The molecule has 0 unspecified atom stereocenters. The SMILES string of the molecule is CCCCC(C)(C)c1ccc(C(=O)Nc2cnc3ccccc3c2)cc1. The lowest BCUT2D eigenvalue weighted by Gasteiger charge is -2.25. The number of benzene rings is 2. The lowest BCUT2D eigenvalue weighted by molar-refractivity contribution is 0.102. The van der Waals surface area contributed by atoms with E-state index in [1.165, 1.54) is 18.4 Å². The van der Waals surface area contributed by atoms with E-state index in [-0.39, 0.29) is 11.3 Å². The van der Waals surface area contributed by atoms with Crippen molar-refractivity contribution in [3.05, 3.63) is 71.9 Å². The number of nitrogens with one attached hydrogen (secondary N) is 1. The molecule has 0 fully saturated rings. The van der Waals surface area contributed by atoms with E-state index in [4.69, 9.17) is 0 Å². The number of hydrogen-bond acceptors (Lipinski definition) is 2. The number of para-hydroxylation sites is 1. The zero-order valence-electron chi connectivity index (χ0n) is 15.8. The van der Waals surface area contributed by atoms with Gasteiger partial charge in [0.05, 0.1) is 17.4 Å². The summed E-state index contributed by atoms with van der Waals surface area (Å²) >= 11 is 0. The van der Waals surface area contributed by atoms with E-state index in [1.807, 2.05) is 42.5 Å². The first kappa shape index (κ1) is 18.1. The lowest BCUT2D eigenvalue weighted by Crippen LogP contribution is -2.18. The Morgan fingerprint density at radius 1 is 1.08 bits per heavy atom. The lowest BCUT2D eigenvalue weighted by atomic mass is 9.80. The molecule has 0 aliphatic heterocycles. The number of carbonyl (C=O) groups excluding carboxylic acids is 1. The van der Waals surface area contributed by atoms with Gasteiger partial charge in [0.25, 0.3) is 5.91 Å². The summed E-state index contributed by atoms with van der Waals surface area (Å²) in [5, 5.41) is 3.95. The number of amides is 1. The van der Waals surface area contributed by atoms with Crippen LogP contribution in [-0.2, 0) is 5.41 Å². The van der Waals surface area contributed by atoms with Crippen molar-refractivity contribution in [1.29, 1.82) is 0 Å². The molecule has 3 nitrogen and oxygen atoms in total. The van der Waals surface area contributed by atoms with E-state index in [1.54, 1.807) is 6.20 Å². The molecule has 1 N–H and O–H groups in total. The van der Waals surface area contributed by atoms with Gasteiger partial charge in [-0.25, -0.2) is 0 Å². The molecule has 0 spiro atoms. The number of carbonyl (C=O) groups is 1. The maximum absolute atomic E-state index is 12.5. The third kappa shape index (κ3) is 4.10. The first-order valence-corrected chi connectivity index (χ1v) is 9.26. The van der Waals surface area contributed by atoms with Crippen LogP contribution in [0.5, 0.6) is 0 Å². The second-order valence-corrected chi connectivity index (χ2v) is 7.44. The molecule has 0 aliphatic rings. The van der Waals surface area contributed by atoms with Gasteiger partial charge in [0.2, 0.25) is 0 Å². The first-order valence-electron chi connectivity index (χ1n) is 9.26. The van der Waals surface area contributed by atoms with Crippen molar-refractivity contribution in [2.24, 2.45) is 0 Å². The monoisotopic (exact) mass is 346 g/mol. The minimum absolute atomic E-state index is 0.111. The molecule has 134 valence electrons. The van der Waals surface area contributed by atoms with E-state index in [9.17, 15) is 4.79 Å². The molecule has 3 aromatic rings. The van der Waals surface area contributed by atoms with E-state index in [0.717, 1.165) is 17.3 Å². The molecule has 0 radical (unpaired) electrons. The fourth-order valence-electron chi connectivity index (χ4n) is 3.18. The summed E-state index contributed by atoms with van der Waals surface area (Å²) in [5.41, 5.74) is 3.70. The maximum Gasteiger partial charge on any atom is 0.255 e. The number of hydrogen-bond donors (Lipinski definition) is 1. The van der Waals surface area contributed by atoms with Crippen molar-refractivity contribution in [3.63, 3.8) is 0 Å². The predicted octanol–water partition coefficient (Wildman–Crippen LogP) is 5.95. The van der Waals surface area contributed by atoms with Gasteiger partial charge >= 0.3 is 0 Å². The van der Waals surface area contributed by atoms with Gasteiger partial charge in [-0.15, -0.1) is 0 Å². The molecule has 1 aromatic heterocycles. The molecule has 2 aromatic carbocycles. The Labute approximate surface area is 155 Å². The Morgan fingerprint density at radius 3 is 2.54 bits per heavy atom. The molecule has 0 saturated heterocycles. The minimum Gasteiger partial charge on any atom is -0.321 e. The number of pyridine rings is 1. The van der Waals surface area contributed by atoms with Gasteiger partial charge in [-0.2, -0.15) is 0 Å². The largest absolute Gasteiger partial charge is 0.321 e. The van der Waals surface area contributed by atoms with Crippen LogP contribution in [0.25, 0.3) is 10.9 Å². The summed E-state index contributed by atoms with van der Waals surface area (Å²) < 4.78 is 0. The van der Waals surface area contributed by atoms with Gasteiger partial charge in [-0.1, -0.05) is 63.9 Å². The molecule has 3 rings (SSSR count). The van der Waals surface area contributed by atoms with E-state index >= 15 is 0 Å². The summed E-state index contributed by atoms with van der Waals surface area (Å²) in [6.45, 7) is 6.74. The second-order valence-electron chi connectivity index (χ2n) is 7.44. The number of nitrogens with zero attached hydrogens (tertiary/aromatic N) is 1. The average molecular weight is 346 g/mol. The van der Waals surface area contributed by atoms with Crippen LogP contribution >= 0.6 is 0 Å². The molecule has 3 heteroatoms. The third-order valence-corrected chi connectivity index (χ3v) is 4.93. The number of anilines is 1. The molecule has 0 aliphatic carbocycles. The normalized spacial score (nSPS) is 11.5. The van der Waals surface area contributed by atoms with Gasteiger partial charge in [0.1, 0.15) is 0 Å². The highest BCUT2D eigenvalue weighted by Crippen LogP contribution is 2.29. The van der Waals surface area contributed by atoms with Gasteiger partial charge in [0, 0.05) is 10.9 Å². The van der Waals surface area contributed by atoms with Crippen molar-refractivity contribution in [1.82, 2.24) is 4.98 Å². The predicted molar refractivity (Wildman–Crippen MR) is 109 cm³/mol. The molecule has 0 saturated carbocycles. The Hall–Kier alpha value is -2.68. The maximum atomic E-state index is 12.5. The average Bonchev–Trinajstić information content (AvgIpc) is 2.66. The zero-order chi connectivity index (χ0) is 18.6. The van der Waals surface area contributed by atoms with Crippen LogP contribution in [0.3, 0.4) is 0 Å². The van der Waals surface area contributed by atoms with Gasteiger partial charge in [-0.05, 0) is 41.7 Å². The number of aromatic nitrogens is 1. The summed E-state index contributed by atoms with van der Waals surface area (Å²) in [4.78, 5) is 16.9. The molecule has 26 heavy (non-hydrogen) atoms. The van der Waals surface area contributed by atoms with Crippen LogP contribution in [0, 0.1) is 0 Å². The smallest absolute Gasteiger partial charge is 0.255 e.